The van der Waals surface area contributed by atoms with E-state index in [1.165, 1.54) is 6.42 Å². The van der Waals surface area contributed by atoms with Crippen LogP contribution in [0.4, 0.5) is 0 Å². The molecule has 1 aliphatic carbocycles. The highest BCUT2D eigenvalue weighted by Crippen LogP contribution is 2.37. The Balaban J connectivity index is 1.61. The van der Waals surface area contributed by atoms with Gasteiger partial charge in [0.05, 0.1) is 6.54 Å². The van der Waals surface area contributed by atoms with Gasteiger partial charge in [0.1, 0.15) is 6.04 Å². The molecule has 1 aromatic rings. The van der Waals surface area contributed by atoms with E-state index in [1.54, 1.807) is 11.9 Å². The number of likely N-dealkylation sites (N-methyl/N-ethyl adjacent to an activating group) is 1. The lowest BCUT2D eigenvalue weighted by molar-refractivity contribution is -0.137. The van der Waals surface area contributed by atoms with Crippen molar-refractivity contribution in [1.82, 2.24) is 15.5 Å². The Hall–Kier alpha value is -2.37. The van der Waals surface area contributed by atoms with Crippen molar-refractivity contribution in [3.63, 3.8) is 0 Å². The van der Waals surface area contributed by atoms with E-state index in [-0.39, 0.29) is 24.3 Å². The summed E-state index contributed by atoms with van der Waals surface area (Å²) >= 11 is 0. The summed E-state index contributed by atoms with van der Waals surface area (Å²) in [6.45, 7) is 0.483. The fourth-order valence-corrected chi connectivity index (χ4v) is 3.64. The molecule has 3 rings (SSSR count). The van der Waals surface area contributed by atoms with E-state index in [1.807, 2.05) is 24.3 Å². The van der Waals surface area contributed by atoms with Gasteiger partial charge in [-0.05, 0) is 43.2 Å². The molecule has 2 N–H and O–H groups in total. The number of rotatable bonds is 5. The first-order valence-corrected chi connectivity index (χ1v) is 9.00. The van der Waals surface area contributed by atoms with Crippen molar-refractivity contribution in [3.8, 4) is 0 Å². The molecule has 25 heavy (non-hydrogen) atoms. The van der Waals surface area contributed by atoms with Crippen LogP contribution in [0.5, 0.6) is 0 Å². The number of amides is 3. The first-order valence-electron chi connectivity index (χ1n) is 9.00. The molecule has 2 aliphatic rings. The standard InChI is InChI=1S/C19H25N3O3/c1-20-19(25)16-10-5-11-22(16)17(23)12-21-18(24)15-9-3-2-8-14(15)13-6-4-7-13/h2-3,8-9,13,16H,4-7,10-12H2,1H3,(H,20,25)(H,21,24). The zero-order valence-electron chi connectivity index (χ0n) is 14.6. The minimum absolute atomic E-state index is 0.0780. The summed E-state index contributed by atoms with van der Waals surface area (Å²) in [5.74, 6) is -0.117. The molecule has 1 saturated carbocycles. The Morgan fingerprint density at radius 2 is 1.88 bits per heavy atom. The lowest BCUT2D eigenvalue weighted by atomic mass is 9.78. The maximum atomic E-state index is 12.5. The van der Waals surface area contributed by atoms with E-state index in [2.05, 4.69) is 10.6 Å². The van der Waals surface area contributed by atoms with Gasteiger partial charge in [0.15, 0.2) is 0 Å². The van der Waals surface area contributed by atoms with Crippen LogP contribution in [0, 0.1) is 0 Å². The van der Waals surface area contributed by atoms with Gasteiger partial charge in [0, 0.05) is 19.2 Å². The molecule has 1 heterocycles. The van der Waals surface area contributed by atoms with Gasteiger partial charge in [-0.1, -0.05) is 24.6 Å². The minimum atomic E-state index is -0.420. The van der Waals surface area contributed by atoms with Gasteiger partial charge in [-0.2, -0.15) is 0 Å². The highest BCUT2D eigenvalue weighted by Gasteiger charge is 2.33. The molecule has 3 amide bonds. The third-order valence-corrected chi connectivity index (χ3v) is 5.27. The van der Waals surface area contributed by atoms with Crippen molar-refractivity contribution in [2.24, 2.45) is 0 Å². The number of hydrogen-bond acceptors (Lipinski definition) is 3. The van der Waals surface area contributed by atoms with Crippen molar-refractivity contribution < 1.29 is 14.4 Å². The molecule has 134 valence electrons. The fourth-order valence-electron chi connectivity index (χ4n) is 3.64. The summed E-state index contributed by atoms with van der Waals surface area (Å²) in [6, 6.07) is 7.20. The normalized spacial score (nSPS) is 20.0. The van der Waals surface area contributed by atoms with E-state index in [4.69, 9.17) is 0 Å². The van der Waals surface area contributed by atoms with Crippen molar-refractivity contribution >= 4 is 17.7 Å². The number of carbonyl (C=O) groups excluding carboxylic acids is 3. The number of carbonyl (C=O) groups is 3. The molecular weight excluding hydrogens is 318 g/mol. The molecule has 6 nitrogen and oxygen atoms in total. The molecular formula is C19H25N3O3. The van der Waals surface area contributed by atoms with Crippen molar-refractivity contribution in [3.05, 3.63) is 35.4 Å². The van der Waals surface area contributed by atoms with E-state index in [0.29, 0.717) is 24.4 Å². The van der Waals surface area contributed by atoms with Crippen molar-refractivity contribution in [2.75, 3.05) is 20.1 Å². The summed E-state index contributed by atoms with van der Waals surface area (Å²) in [5, 5.41) is 5.33. The van der Waals surface area contributed by atoms with Crippen LogP contribution in [0.3, 0.4) is 0 Å². The third kappa shape index (κ3) is 3.67. The van der Waals surface area contributed by atoms with E-state index >= 15 is 0 Å². The molecule has 0 aromatic heterocycles. The predicted octanol–water partition coefficient (Wildman–Crippen LogP) is 1.42. The first kappa shape index (κ1) is 17.5. The van der Waals surface area contributed by atoms with Crippen LogP contribution in [0.15, 0.2) is 24.3 Å². The molecule has 1 aromatic carbocycles. The van der Waals surface area contributed by atoms with Crippen molar-refractivity contribution in [1.29, 1.82) is 0 Å². The molecule has 1 unspecified atom stereocenters. The molecule has 1 atom stereocenters. The predicted molar refractivity (Wildman–Crippen MR) is 94.2 cm³/mol. The van der Waals surface area contributed by atoms with Gasteiger partial charge >= 0.3 is 0 Å². The number of nitrogens with zero attached hydrogens (tertiary/aromatic N) is 1. The van der Waals surface area contributed by atoms with Crippen LogP contribution in [0.25, 0.3) is 0 Å². The van der Waals surface area contributed by atoms with Crippen LogP contribution in [-0.4, -0.2) is 48.8 Å². The molecule has 1 aliphatic heterocycles. The number of likely N-dealkylation sites (tertiary alicyclic amines) is 1. The van der Waals surface area contributed by atoms with Gasteiger partial charge in [-0.25, -0.2) is 0 Å². The highest BCUT2D eigenvalue weighted by molar-refractivity contribution is 5.98. The van der Waals surface area contributed by atoms with Crippen LogP contribution in [0.2, 0.25) is 0 Å². The third-order valence-electron chi connectivity index (χ3n) is 5.27. The zero-order valence-corrected chi connectivity index (χ0v) is 14.6. The van der Waals surface area contributed by atoms with Crippen LogP contribution >= 0.6 is 0 Å². The Morgan fingerprint density at radius 1 is 1.12 bits per heavy atom. The highest BCUT2D eigenvalue weighted by atomic mass is 16.2. The van der Waals surface area contributed by atoms with Crippen molar-refractivity contribution in [2.45, 2.75) is 44.1 Å². The second-order valence-corrected chi connectivity index (χ2v) is 6.76. The summed E-state index contributed by atoms with van der Waals surface area (Å²) in [5.41, 5.74) is 1.73. The Labute approximate surface area is 148 Å². The summed E-state index contributed by atoms with van der Waals surface area (Å²) in [7, 11) is 1.57. The monoisotopic (exact) mass is 343 g/mol. The molecule has 2 fully saturated rings. The van der Waals surface area contributed by atoms with Crippen LogP contribution in [0.1, 0.15) is 53.9 Å². The Morgan fingerprint density at radius 3 is 2.56 bits per heavy atom. The quantitative estimate of drug-likeness (QED) is 0.849. The number of hydrogen-bond donors (Lipinski definition) is 2. The Kier molecular flexibility index (Phi) is 5.36. The largest absolute Gasteiger partial charge is 0.357 e. The van der Waals surface area contributed by atoms with Crippen LogP contribution in [-0.2, 0) is 9.59 Å². The fraction of sp³-hybridized carbons (Fsp3) is 0.526. The average Bonchev–Trinajstić information content (AvgIpc) is 3.07. The summed E-state index contributed by atoms with van der Waals surface area (Å²) in [6.07, 6.45) is 4.91. The van der Waals surface area contributed by atoms with E-state index < -0.39 is 6.04 Å². The first-order chi connectivity index (χ1) is 12.1. The van der Waals surface area contributed by atoms with Gasteiger partial charge in [-0.3, -0.25) is 14.4 Å². The SMILES string of the molecule is CNC(=O)C1CCCN1C(=O)CNC(=O)c1ccccc1C1CCC1. The lowest BCUT2D eigenvalue weighted by Gasteiger charge is -2.27. The molecule has 0 bridgehead atoms. The van der Waals surface area contributed by atoms with E-state index in [9.17, 15) is 14.4 Å². The minimum Gasteiger partial charge on any atom is -0.357 e. The maximum Gasteiger partial charge on any atom is 0.252 e. The molecule has 0 spiro atoms. The number of nitrogens with one attached hydrogen (secondary N) is 2. The average molecular weight is 343 g/mol. The Bertz CT molecular complexity index is 670. The second-order valence-electron chi connectivity index (χ2n) is 6.76. The summed E-state index contributed by atoms with van der Waals surface area (Å²) < 4.78 is 0. The van der Waals surface area contributed by atoms with Gasteiger partial charge < -0.3 is 15.5 Å². The second kappa shape index (κ2) is 7.68. The smallest absolute Gasteiger partial charge is 0.252 e. The van der Waals surface area contributed by atoms with Gasteiger partial charge in [0.2, 0.25) is 11.8 Å². The zero-order chi connectivity index (χ0) is 17.8. The lowest BCUT2D eigenvalue weighted by Crippen LogP contribution is -2.48. The molecule has 1 saturated heterocycles. The maximum absolute atomic E-state index is 12.5. The van der Waals surface area contributed by atoms with Crippen LogP contribution < -0.4 is 10.6 Å². The summed E-state index contributed by atoms with van der Waals surface area (Å²) in [4.78, 5) is 38.4. The topological polar surface area (TPSA) is 78.5 Å². The molecule has 0 radical (unpaired) electrons. The number of benzene rings is 1. The van der Waals surface area contributed by atoms with Gasteiger partial charge in [0.25, 0.3) is 5.91 Å². The van der Waals surface area contributed by atoms with Gasteiger partial charge in [-0.15, -0.1) is 0 Å². The van der Waals surface area contributed by atoms with E-state index in [0.717, 1.165) is 24.8 Å². The molecule has 6 heteroatoms.